The fraction of sp³-hybridized carbons (Fsp3) is 0.333. The Hall–Kier alpha value is -1.24. The first-order valence-electron chi connectivity index (χ1n) is 4.68. The molecule has 1 unspecified atom stereocenters. The summed E-state index contributed by atoms with van der Waals surface area (Å²) in [4.78, 5) is 0. The van der Waals surface area contributed by atoms with E-state index in [4.69, 9.17) is 0 Å². The van der Waals surface area contributed by atoms with Gasteiger partial charge in [-0.15, -0.1) is 0 Å². The molecule has 0 saturated heterocycles. The van der Waals surface area contributed by atoms with Crippen LogP contribution >= 0.6 is 0 Å². The Morgan fingerprint density at radius 1 is 1.38 bits per heavy atom. The van der Waals surface area contributed by atoms with Gasteiger partial charge < -0.3 is 5.11 Å². The predicted octanol–water partition coefficient (Wildman–Crippen LogP) is 3.00. The number of benzene rings is 1. The predicted molar refractivity (Wildman–Crippen MR) is 54.0 cm³/mol. The zero-order valence-corrected chi connectivity index (χ0v) is 7.88. The van der Waals surface area contributed by atoms with Gasteiger partial charge >= 0.3 is 0 Å². The Morgan fingerprint density at radius 3 is 2.92 bits per heavy atom. The molecule has 0 aromatic heterocycles. The highest BCUT2D eigenvalue weighted by atomic mass is 16.3. The number of rotatable bonds is 0. The molecule has 0 bridgehead atoms. The van der Waals surface area contributed by atoms with Crippen LogP contribution in [0.4, 0.5) is 0 Å². The summed E-state index contributed by atoms with van der Waals surface area (Å²) in [5, 5.41) is 9.36. The Kier molecular flexibility index (Phi) is 1.87. The lowest BCUT2D eigenvalue weighted by Crippen LogP contribution is -2.08. The third-order valence-corrected chi connectivity index (χ3v) is 2.92. The summed E-state index contributed by atoms with van der Waals surface area (Å²) in [7, 11) is 0. The Morgan fingerprint density at radius 2 is 2.15 bits per heavy atom. The number of hydrogen-bond donors (Lipinski definition) is 1. The van der Waals surface area contributed by atoms with E-state index in [0.29, 0.717) is 11.7 Å². The first-order chi connectivity index (χ1) is 6.18. The van der Waals surface area contributed by atoms with Crippen molar-refractivity contribution in [3.63, 3.8) is 0 Å². The zero-order chi connectivity index (χ0) is 9.42. The molecular weight excluding hydrogens is 160 g/mol. The Balaban J connectivity index is 2.51. The quantitative estimate of drug-likeness (QED) is 0.599. The summed E-state index contributed by atoms with van der Waals surface area (Å²) in [6.45, 7) is 6.19. The van der Waals surface area contributed by atoms with Crippen molar-refractivity contribution in [3.8, 4) is 5.75 Å². The van der Waals surface area contributed by atoms with E-state index in [0.717, 1.165) is 12.8 Å². The monoisotopic (exact) mass is 174 g/mol. The van der Waals surface area contributed by atoms with E-state index in [9.17, 15) is 5.11 Å². The number of phenols is 1. The van der Waals surface area contributed by atoms with Gasteiger partial charge in [-0.1, -0.05) is 25.1 Å². The lowest BCUT2D eigenvalue weighted by Gasteiger charge is -2.24. The third-order valence-electron chi connectivity index (χ3n) is 2.92. The van der Waals surface area contributed by atoms with Crippen LogP contribution in [-0.4, -0.2) is 5.11 Å². The molecule has 1 atom stereocenters. The van der Waals surface area contributed by atoms with Crippen molar-refractivity contribution in [2.45, 2.75) is 25.7 Å². The molecule has 0 amide bonds. The molecule has 1 aliphatic rings. The van der Waals surface area contributed by atoms with E-state index in [-0.39, 0.29) is 0 Å². The molecule has 0 saturated carbocycles. The van der Waals surface area contributed by atoms with Crippen LogP contribution in [0.1, 0.15) is 30.4 Å². The highest BCUT2D eigenvalue weighted by Gasteiger charge is 2.19. The molecule has 1 nitrogen and oxygen atoms in total. The van der Waals surface area contributed by atoms with Crippen LogP contribution in [0.3, 0.4) is 0 Å². The molecule has 0 aliphatic heterocycles. The second-order valence-electron chi connectivity index (χ2n) is 3.76. The molecule has 0 heterocycles. The van der Waals surface area contributed by atoms with Gasteiger partial charge in [0.2, 0.25) is 0 Å². The smallest absolute Gasteiger partial charge is 0.115 e. The number of fused-ring (bicyclic) bond motifs is 1. The zero-order valence-electron chi connectivity index (χ0n) is 7.88. The van der Waals surface area contributed by atoms with Crippen molar-refractivity contribution in [1.82, 2.24) is 0 Å². The van der Waals surface area contributed by atoms with Crippen molar-refractivity contribution in [2.24, 2.45) is 0 Å². The number of allylic oxidation sites excluding steroid dienone is 1. The van der Waals surface area contributed by atoms with Gasteiger partial charge in [-0.3, -0.25) is 0 Å². The summed E-state index contributed by atoms with van der Waals surface area (Å²) in [6.07, 6.45) is 2.15. The molecule has 0 spiro atoms. The first-order valence-corrected chi connectivity index (χ1v) is 4.68. The summed E-state index contributed by atoms with van der Waals surface area (Å²) in [5.74, 6) is 0.760. The van der Waals surface area contributed by atoms with E-state index in [2.05, 4.69) is 13.5 Å². The molecule has 2 rings (SSSR count). The molecule has 13 heavy (non-hydrogen) atoms. The van der Waals surface area contributed by atoms with Crippen molar-refractivity contribution >= 4 is 0 Å². The van der Waals surface area contributed by atoms with Gasteiger partial charge in [0.05, 0.1) is 0 Å². The highest BCUT2D eigenvalue weighted by Crippen LogP contribution is 2.35. The maximum atomic E-state index is 9.36. The van der Waals surface area contributed by atoms with Crippen molar-refractivity contribution in [2.75, 3.05) is 0 Å². The van der Waals surface area contributed by atoms with E-state index in [1.165, 1.54) is 16.7 Å². The van der Waals surface area contributed by atoms with Crippen LogP contribution in [-0.2, 0) is 6.42 Å². The molecule has 68 valence electrons. The molecular formula is C12H14O. The van der Waals surface area contributed by atoms with Gasteiger partial charge in [0.25, 0.3) is 0 Å². The van der Waals surface area contributed by atoms with E-state index in [1.807, 2.05) is 12.1 Å². The van der Waals surface area contributed by atoms with Crippen LogP contribution in [0, 0.1) is 0 Å². The molecule has 1 aliphatic carbocycles. The SMILES string of the molecule is C=C1CCc2ccc(O)cc2C1C. The number of aromatic hydroxyl groups is 1. The molecule has 1 aromatic rings. The minimum absolute atomic E-state index is 0.361. The Labute approximate surface area is 78.7 Å². The van der Waals surface area contributed by atoms with Crippen molar-refractivity contribution in [1.29, 1.82) is 0 Å². The topological polar surface area (TPSA) is 20.2 Å². The molecule has 1 N–H and O–H groups in total. The highest BCUT2D eigenvalue weighted by molar-refractivity contribution is 5.43. The second kappa shape index (κ2) is 2.91. The van der Waals surface area contributed by atoms with Gasteiger partial charge in [0, 0.05) is 5.92 Å². The van der Waals surface area contributed by atoms with Gasteiger partial charge in [-0.25, -0.2) is 0 Å². The molecule has 0 fully saturated rings. The minimum Gasteiger partial charge on any atom is -0.508 e. The third kappa shape index (κ3) is 1.35. The number of aryl methyl sites for hydroxylation is 1. The average Bonchev–Trinajstić information content (AvgIpc) is 2.12. The van der Waals surface area contributed by atoms with Crippen LogP contribution in [0.15, 0.2) is 30.4 Å². The number of phenolic OH excluding ortho intramolecular Hbond substituents is 1. The van der Waals surface area contributed by atoms with Crippen LogP contribution in [0.25, 0.3) is 0 Å². The second-order valence-corrected chi connectivity index (χ2v) is 3.76. The van der Waals surface area contributed by atoms with Gasteiger partial charge in [-0.2, -0.15) is 0 Å². The maximum Gasteiger partial charge on any atom is 0.115 e. The van der Waals surface area contributed by atoms with Crippen LogP contribution in [0.5, 0.6) is 5.75 Å². The van der Waals surface area contributed by atoms with E-state index < -0.39 is 0 Å². The summed E-state index contributed by atoms with van der Waals surface area (Å²) < 4.78 is 0. The van der Waals surface area contributed by atoms with E-state index in [1.54, 1.807) is 6.07 Å². The molecule has 1 aromatic carbocycles. The van der Waals surface area contributed by atoms with Crippen molar-refractivity contribution < 1.29 is 5.11 Å². The minimum atomic E-state index is 0.361. The van der Waals surface area contributed by atoms with Crippen molar-refractivity contribution in [3.05, 3.63) is 41.5 Å². The summed E-state index contributed by atoms with van der Waals surface area (Å²) >= 11 is 0. The average molecular weight is 174 g/mol. The fourth-order valence-corrected chi connectivity index (χ4v) is 1.94. The van der Waals surface area contributed by atoms with E-state index >= 15 is 0 Å². The van der Waals surface area contributed by atoms with Gasteiger partial charge in [0.1, 0.15) is 5.75 Å². The normalized spacial score (nSPS) is 21.3. The lowest BCUT2D eigenvalue weighted by molar-refractivity contribution is 0.473. The largest absolute Gasteiger partial charge is 0.508 e. The maximum absolute atomic E-state index is 9.36. The lowest BCUT2D eigenvalue weighted by atomic mass is 9.81. The van der Waals surface area contributed by atoms with Gasteiger partial charge in [-0.05, 0) is 36.1 Å². The summed E-state index contributed by atoms with van der Waals surface area (Å²) in [5.41, 5.74) is 3.88. The van der Waals surface area contributed by atoms with Gasteiger partial charge in [0.15, 0.2) is 0 Å². The molecule has 0 radical (unpaired) electrons. The Bertz CT molecular complexity index is 352. The van der Waals surface area contributed by atoms with Crippen LogP contribution < -0.4 is 0 Å². The summed E-state index contributed by atoms with van der Waals surface area (Å²) in [6, 6.07) is 5.65. The first kappa shape index (κ1) is 8.36. The number of hydrogen-bond acceptors (Lipinski definition) is 1. The standard InChI is InChI=1S/C12H14O/c1-8-3-4-10-5-6-11(13)7-12(10)9(8)2/h5-7,9,13H,1,3-4H2,2H3. The molecule has 1 heteroatoms. The fourth-order valence-electron chi connectivity index (χ4n) is 1.94. The van der Waals surface area contributed by atoms with Crippen LogP contribution in [0.2, 0.25) is 0 Å².